The molecule has 0 amide bonds. The summed E-state index contributed by atoms with van der Waals surface area (Å²) in [6.45, 7) is 4.56. The van der Waals surface area contributed by atoms with Gasteiger partial charge in [0.2, 0.25) is 0 Å². The number of aryl methyl sites for hydroxylation is 2. The second-order valence-electron chi connectivity index (χ2n) is 17.4. The Morgan fingerprint density at radius 2 is 1.06 bits per heavy atom. The van der Waals surface area contributed by atoms with E-state index in [1.165, 1.54) is 32.1 Å². The molecule has 6 rings (SSSR count). The predicted octanol–water partition coefficient (Wildman–Crippen LogP) is 10.1. The molecule has 4 aliphatic carbocycles. The van der Waals surface area contributed by atoms with Crippen LogP contribution in [0.1, 0.15) is 81.8 Å². The van der Waals surface area contributed by atoms with Gasteiger partial charge in [0, 0.05) is 0 Å². The van der Waals surface area contributed by atoms with Crippen molar-refractivity contribution < 1.29 is 16.8 Å². The van der Waals surface area contributed by atoms with Crippen molar-refractivity contribution in [2.45, 2.75) is 121 Å². The number of benzene rings is 2. The van der Waals surface area contributed by atoms with E-state index in [2.05, 4.69) is 57.7 Å². The molecule has 4 saturated carbocycles. The molecule has 0 bridgehead atoms. The molecule has 6 nitrogen and oxygen atoms in total. The van der Waals surface area contributed by atoms with E-state index in [-0.39, 0.29) is 23.9 Å². The van der Waals surface area contributed by atoms with Gasteiger partial charge in [0.25, 0.3) is 0 Å². The van der Waals surface area contributed by atoms with Crippen molar-refractivity contribution in [2.24, 2.45) is 35.5 Å². The van der Waals surface area contributed by atoms with Crippen molar-refractivity contribution in [1.82, 2.24) is 8.61 Å². The van der Waals surface area contributed by atoms with Crippen LogP contribution in [0.15, 0.2) is 78.6 Å². The molecule has 286 valence electrons. The van der Waals surface area contributed by atoms with Gasteiger partial charge in [-0.1, -0.05) is 59.5 Å². The maximum absolute atomic E-state index is 14.8. The second kappa shape index (κ2) is 17.2. The fourth-order valence-electron chi connectivity index (χ4n) is 10.2. The molecule has 4 aliphatic rings. The van der Waals surface area contributed by atoms with Crippen LogP contribution in [0.5, 0.6) is 0 Å². The van der Waals surface area contributed by atoms with Gasteiger partial charge in [-0.2, -0.15) is 0 Å². The normalized spacial score (nSPS) is 30.1. The first kappa shape index (κ1) is 40.9. The summed E-state index contributed by atoms with van der Waals surface area (Å²) in [5.41, 5.74) is 2.05. The van der Waals surface area contributed by atoms with Crippen molar-refractivity contribution in [3.05, 3.63) is 80.0 Å². The minimum Gasteiger partial charge on any atom is -0.0580 e. The number of nitrogens with zero attached hydrogens (tertiary/aromatic N) is 2. The van der Waals surface area contributed by atoms with Crippen LogP contribution in [-0.4, -0.2) is 69.0 Å². The molecule has 2 aromatic rings. The Labute approximate surface area is 333 Å². The van der Waals surface area contributed by atoms with Crippen molar-refractivity contribution >= 4 is 61.0 Å². The first-order chi connectivity index (χ1) is 24.7. The monoisotopic (exact) mass is 968 g/mol. The van der Waals surface area contributed by atoms with Crippen molar-refractivity contribution in [3.63, 3.8) is 0 Å². The van der Waals surface area contributed by atoms with Crippen LogP contribution < -0.4 is 0 Å². The number of rotatable bonds is 13. The molecular weight excluding hydrogens is 906 g/mol. The van der Waals surface area contributed by atoms with Gasteiger partial charge in [-0.15, -0.1) is 0 Å². The molecular formula is C42H61IN2O4S2Sn. The van der Waals surface area contributed by atoms with Crippen LogP contribution in [0.2, 0.25) is 14.8 Å². The van der Waals surface area contributed by atoms with Crippen LogP contribution in [0.25, 0.3) is 0 Å². The molecule has 0 radical (unpaired) electrons. The molecule has 52 heavy (non-hydrogen) atoms. The van der Waals surface area contributed by atoms with Crippen molar-refractivity contribution in [2.75, 3.05) is 13.1 Å². The zero-order valence-corrected chi connectivity index (χ0v) is 38.6. The van der Waals surface area contributed by atoms with Gasteiger partial charge >= 0.3 is 259 Å². The summed E-state index contributed by atoms with van der Waals surface area (Å²) in [6, 6.07) is 14.3. The maximum atomic E-state index is 14.8. The third-order valence-electron chi connectivity index (χ3n) is 12.8. The smallest absolute Gasteiger partial charge is 0.0580 e. The molecule has 0 aliphatic heterocycles. The fourth-order valence-corrected chi connectivity index (χ4v) is 16.4. The first-order valence-corrected chi connectivity index (χ1v) is 34.2. The van der Waals surface area contributed by atoms with Gasteiger partial charge in [-0.05, 0) is 17.4 Å². The Bertz CT molecular complexity index is 1790. The molecule has 0 unspecified atom stereocenters. The quantitative estimate of drug-likeness (QED) is 0.148. The number of hydrogen-bond acceptors (Lipinski definition) is 4. The third kappa shape index (κ3) is 9.11. The van der Waals surface area contributed by atoms with Crippen LogP contribution in [-0.2, 0) is 20.0 Å². The summed E-state index contributed by atoms with van der Waals surface area (Å²) in [7, 11) is -7.67. The zero-order valence-electron chi connectivity index (χ0n) is 32.0. The fraction of sp³-hybridized carbons (Fsp3) is 0.619. The molecule has 0 heterocycles. The van der Waals surface area contributed by atoms with Gasteiger partial charge in [0.1, 0.15) is 0 Å². The standard InChI is InChI=1S/C39H52IN2O4S2.3CH3.Sn/c1-4-34-35-12-7-5-10-30(35)26-38(34)41(47(43,44)32-18-14-28(2)15-19-32)24-9-25-42(48(45,46)33-20-16-29(3)17-21-33)39-27-31-11-6-8-13-36(31)37(39)22-23-40;;;;/h1,4,14-23,30-31,34-39H,5-13,24-27H2,2-3H3;3*1H3;/b4-1?,23-22+;;;;/t30-,31-,34-,35+,36+,37-,38+,39+;;;;/m1..../s1. The van der Waals surface area contributed by atoms with Crippen molar-refractivity contribution in [1.29, 1.82) is 0 Å². The average Bonchev–Trinajstić information content (AvgIpc) is 3.65. The molecule has 0 spiro atoms. The topological polar surface area (TPSA) is 74.8 Å². The molecule has 0 aromatic heterocycles. The van der Waals surface area contributed by atoms with Crippen LogP contribution >= 0.6 is 22.6 Å². The Morgan fingerprint density at radius 3 is 1.46 bits per heavy atom. The van der Waals surface area contributed by atoms with E-state index in [1.807, 2.05) is 42.4 Å². The summed E-state index contributed by atoms with van der Waals surface area (Å²) in [5.74, 6) is 2.38. The van der Waals surface area contributed by atoms with E-state index in [0.29, 0.717) is 53.0 Å². The predicted molar refractivity (Wildman–Crippen MR) is 225 cm³/mol. The summed E-state index contributed by atoms with van der Waals surface area (Å²) in [5, 5.41) is 0. The summed E-state index contributed by atoms with van der Waals surface area (Å²) >= 11 is -0.0184. The minimum atomic E-state index is -3.84. The SMILES string of the molecule is Cc1ccc(S(=O)(=O)N(CCCN([C@H]2C[C@H]3CCCC[C@@H]3[C@H]2/C=[CH]/[Sn]([CH3])([CH3])[CH3])S(=O)(=O)c2ccc(C)cc2)[C@H]2C[C@H]3CCCC[C@@H]3[C@H]2/C=C/I)cc1. The number of hydrogen-bond donors (Lipinski definition) is 0. The van der Waals surface area contributed by atoms with Gasteiger partial charge in [-0.25, -0.2) is 0 Å². The van der Waals surface area contributed by atoms with E-state index in [9.17, 15) is 16.8 Å². The first-order valence-electron chi connectivity index (χ1n) is 19.8. The number of halogens is 1. The molecule has 4 fully saturated rings. The Balaban J connectivity index is 1.36. The molecule has 0 N–H and O–H groups in total. The summed E-state index contributed by atoms with van der Waals surface area (Å²) < 4.78 is 67.4. The van der Waals surface area contributed by atoms with Gasteiger partial charge in [0.15, 0.2) is 0 Å². The van der Waals surface area contributed by atoms with E-state index in [1.54, 1.807) is 28.6 Å². The van der Waals surface area contributed by atoms with Crippen LogP contribution in [0.3, 0.4) is 0 Å². The number of sulfonamides is 2. The van der Waals surface area contributed by atoms with E-state index in [0.717, 1.165) is 43.2 Å². The van der Waals surface area contributed by atoms with Crippen LogP contribution in [0.4, 0.5) is 0 Å². The van der Waals surface area contributed by atoms with E-state index in [4.69, 9.17) is 0 Å². The van der Waals surface area contributed by atoms with Gasteiger partial charge in [0.05, 0.1) is 0 Å². The van der Waals surface area contributed by atoms with Gasteiger partial charge in [-0.3, -0.25) is 0 Å². The van der Waals surface area contributed by atoms with E-state index >= 15 is 0 Å². The minimum absolute atomic E-state index is 0.129. The van der Waals surface area contributed by atoms with Crippen molar-refractivity contribution in [3.8, 4) is 0 Å². The van der Waals surface area contributed by atoms with E-state index < -0.39 is 38.4 Å². The summed E-state index contributed by atoms with van der Waals surface area (Å²) in [6.07, 6.45) is 16.4. The average molecular weight is 968 g/mol. The molecule has 0 saturated heterocycles. The molecule has 10 heteroatoms. The molecule has 8 atom stereocenters. The summed E-state index contributed by atoms with van der Waals surface area (Å²) in [4.78, 5) is 7.90. The third-order valence-corrected chi connectivity index (χ3v) is 20.5. The Kier molecular flexibility index (Phi) is 13.5. The second-order valence-corrected chi connectivity index (χ2v) is 36.4. The molecule has 2 aromatic carbocycles. The Hall–Kier alpha value is -0.731. The van der Waals surface area contributed by atoms with Gasteiger partial charge < -0.3 is 0 Å². The Morgan fingerprint density at radius 1 is 0.654 bits per heavy atom. The van der Waals surface area contributed by atoms with Crippen LogP contribution in [0, 0.1) is 49.4 Å². The number of fused-ring (bicyclic) bond motifs is 2. The zero-order chi connectivity index (χ0) is 37.3.